The maximum atomic E-state index is 11.5. The molecule has 2 aliphatic rings. The predicted molar refractivity (Wildman–Crippen MR) is 92.6 cm³/mol. The van der Waals surface area contributed by atoms with Crippen molar-refractivity contribution in [2.75, 3.05) is 31.2 Å². The van der Waals surface area contributed by atoms with E-state index in [4.69, 9.17) is 4.74 Å². The van der Waals surface area contributed by atoms with Gasteiger partial charge in [-0.1, -0.05) is 0 Å². The molecule has 4 rings (SSSR count). The molecule has 1 spiro atoms. The number of carboxylic acid groups (broad SMARTS) is 1. The fourth-order valence-electron chi connectivity index (χ4n) is 4.06. The average molecular weight is 326 g/mol. The number of anilines is 1. The monoisotopic (exact) mass is 326 g/mol. The highest BCUT2D eigenvalue weighted by Crippen LogP contribution is 2.41. The molecule has 0 unspecified atom stereocenters. The van der Waals surface area contributed by atoms with Crippen LogP contribution < -0.4 is 4.90 Å². The van der Waals surface area contributed by atoms with E-state index in [0.717, 1.165) is 37.5 Å². The van der Waals surface area contributed by atoms with E-state index < -0.39 is 5.97 Å². The molecule has 0 aliphatic carbocycles. The summed E-state index contributed by atoms with van der Waals surface area (Å²) in [5, 5.41) is 10.1. The molecule has 0 saturated carbocycles. The Kier molecular flexibility index (Phi) is 3.88. The Labute approximate surface area is 141 Å². The second-order valence-corrected chi connectivity index (χ2v) is 6.96. The van der Waals surface area contributed by atoms with Crippen LogP contribution in [-0.4, -0.2) is 42.4 Å². The van der Waals surface area contributed by atoms with Crippen LogP contribution in [0.3, 0.4) is 0 Å². The largest absolute Gasteiger partial charge is 0.478 e. The number of carbonyl (C=O) groups is 1. The molecule has 3 heterocycles. The predicted octanol–water partition coefficient (Wildman–Crippen LogP) is 3.33. The third kappa shape index (κ3) is 2.73. The number of hydrogen-bond acceptors (Lipinski definition) is 4. The minimum Gasteiger partial charge on any atom is -0.478 e. The maximum absolute atomic E-state index is 11.5. The lowest BCUT2D eigenvalue weighted by Gasteiger charge is -2.44. The molecular formula is C19H22N2O3. The lowest BCUT2D eigenvalue weighted by Crippen LogP contribution is -2.42. The van der Waals surface area contributed by atoms with E-state index in [2.05, 4.69) is 16.0 Å². The van der Waals surface area contributed by atoms with Crippen LogP contribution in [0, 0.1) is 5.41 Å². The van der Waals surface area contributed by atoms with Gasteiger partial charge in [-0.05, 0) is 55.4 Å². The second kappa shape index (κ2) is 6.06. The van der Waals surface area contributed by atoms with Crippen LogP contribution in [0.25, 0.3) is 10.9 Å². The number of ether oxygens (including phenoxy) is 1. The third-order valence-corrected chi connectivity index (χ3v) is 5.70. The molecule has 0 radical (unpaired) electrons. The molecule has 0 atom stereocenters. The van der Waals surface area contributed by atoms with Gasteiger partial charge < -0.3 is 14.7 Å². The van der Waals surface area contributed by atoms with Gasteiger partial charge in [0, 0.05) is 43.6 Å². The summed E-state index contributed by atoms with van der Waals surface area (Å²) in [5.41, 5.74) is 2.61. The Hall–Kier alpha value is -2.14. The smallest absolute Gasteiger partial charge is 0.336 e. The van der Waals surface area contributed by atoms with E-state index >= 15 is 0 Å². The summed E-state index contributed by atoms with van der Waals surface area (Å²) in [5.74, 6) is -0.903. The summed E-state index contributed by atoms with van der Waals surface area (Å²) in [7, 11) is 0. The number of benzene rings is 1. The van der Waals surface area contributed by atoms with Crippen LogP contribution >= 0.6 is 0 Å². The van der Waals surface area contributed by atoms with Crippen molar-refractivity contribution in [3.8, 4) is 0 Å². The first-order valence-electron chi connectivity index (χ1n) is 8.62. The molecule has 126 valence electrons. The van der Waals surface area contributed by atoms with Gasteiger partial charge in [-0.2, -0.15) is 0 Å². The number of hydrogen-bond donors (Lipinski definition) is 1. The number of aromatic nitrogens is 1. The summed E-state index contributed by atoms with van der Waals surface area (Å²) in [6.45, 7) is 3.83. The molecule has 2 aliphatic heterocycles. The molecular weight excluding hydrogens is 304 g/mol. The molecule has 5 nitrogen and oxygen atoms in total. The van der Waals surface area contributed by atoms with Gasteiger partial charge >= 0.3 is 5.97 Å². The van der Waals surface area contributed by atoms with Gasteiger partial charge in [-0.15, -0.1) is 0 Å². The summed E-state index contributed by atoms with van der Waals surface area (Å²) in [4.78, 5) is 18.1. The van der Waals surface area contributed by atoms with E-state index in [1.807, 2.05) is 12.1 Å². The highest BCUT2D eigenvalue weighted by atomic mass is 16.5. The third-order valence-electron chi connectivity index (χ3n) is 5.70. The fourth-order valence-corrected chi connectivity index (χ4v) is 4.06. The van der Waals surface area contributed by atoms with Crippen molar-refractivity contribution in [2.24, 2.45) is 5.41 Å². The second-order valence-electron chi connectivity index (χ2n) is 6.96. The number of rotatable bonds is 2. The molecule has 5 heteroatoms. The van der Waals surface area contributed by atoms with Crippen LogP contribution in [0.2, 0.25) is 0 Å². The molecule has 2 aromatic rings. The van der Waals surface area contributed by atoms with Crippen LogP contribution in [0.4, 0.5) is 5.69 Å². The van der Waals surface area contributed by atoms with Crippen molar-refractivity contribution in [2.45, 2.75) is 25.7 Å². The zero-order valence-electron chi connectivity index (χ0n) is 13.7. The number of fused-ring (bicyclic) bond motifs is 1. The molecule has 2 saturated heterocycles. The Balaban J connectivity index is 1.59. The van der Waals surface area contributed by atoms with E-state index in [0.29, 0.717) is 16.4 Å². The van der Waals surface area contributed by atoms with Gasteiger partial charge in [-0.25, -0.2) is 4.79 Å². The lowest BCUT2D eigenvalue weighted by molar-refractivity contribution is 0.00212. The van der Waals surface area contributed by atoms with Crippen molar-refractivity contribution in [3.63, 3.8) is 0 Å². The number of carboxylic acids is 1. The van der Waals surface area contributed by atoms with Crippen molar-refractivity contribution < 1.29 is 14.6 Å². The van der Waals surface area contributed by atoms with Crippen LogP contribution in [0.1, 0.15) is 36.0 Å². The van der Waals surface area contributed by atoms with Crippen molar-refractivity contribution in [1.29, 1.82) is 0 Å². The average Bonchev–Trinajstić information content (AvgIpc) is 2.62. The quantitative estimate of drug-likeness (QED) is 0.917. The highest BCUT2D eigenvalue weighted by molar-refractivity contribution is 6.03. The Morgan fingerprint density at radius 1 is 1.12 bits per heavy atom. The molecule has 0 amide bonds. The molecule has 1 N–H and O–H groups in total. The first-order chi connectivity index (χ1) is 11.7. The lowest BCUT2D eigenvalue weighted by atomic mass is 9.72. The van der Waals surface area contributed by atoms with Crippen molar-refractivity contribution in [1.82, 2.24) is 4.98 Å². The number of aromatic carboxylic acids is 1. The summed E-state index contributed by atoms with van der Waals surface area (Å²) in [6.07, 6.45) is 6.28. The molecule has 24 heavy (non-hydrogen) atoms. The highest BCUT2D eigenvalue weighted by Gasteiger charge is 2.36. The van der Waals surface area contributed by atoms with Crippen LogP contribution in [-0.2, 0) is 4.74 Å². The van der Waals surface area contributed by atoms with E-state index in [-0.39, 0.29) is 0 Å². The summed E-state index contributed by atoms with van der Waals surface area (Å²) < 4.78 is 5.52. The molecule has 2 fully saturated rings. The number of piperidine rings is 1. The summed E-state index contributed by atoms with van der Waals surface area (Å²) in [6, 6.07) is 7.54. The fraction of sp³-hybridized carbons (Fsp3) is 0.474. The SMILES string of the molecule is O=C(O)c1ccnc2ccc(N3CCC4(CCOCC4)CC3)cc12. The van der Waals surface area contributed by atoms with Crippen LogP contribution in [0.5, 0.6) is 0 Å². The Morgan fingerprint density at radius 3 is 2.58 bits per heavy atom. The maximum Gasteiger partial charge on any atom is 0.336 e. The first-order valence-corrected chi connectivity index (χ1v) is 8.62. The Bertz CT molecular complexity index is 758. The van der Waals surface area contributed by atoms with Gasteiger partial charge in [-0.3, -0.25) is 4.98 Å². The zero-order valence-corrected chi connectivity index (χ0v) is 13.7. The van der Waals surface area contributed by atoms with Gasteiger partial charge in [0.25, 0.3) is 0 Å². The van der Waals surface area contributed by atoms with E-state index in [1.165, 1.54) is 25.7 Å². The van der Waals surface area contributed by atoms with Gasteiger partial charge in [0.2, 0.25) is 0 Å². The minimum absolute atomic E-state index is 0.319. The molecule has 0 bridgehead atoms. The zero-order chi connectivity index (χ0) is 16.6. The topological polar surface area (TPSA) is 62.7 Å². The number of pyridine rings is 1. The van der Waals surface area contributed by atoms with Crippen LogP contribution in [0.15, 0.2) is 30.5 Å². The van der Waals surface area contributed by atoms with Gasteiger partial charge in [0.1, 0.15) is 0 Å². The minimum atomic E-state index is -0.903. The van der Waals surface area contributed by atoms with Gasteiger partial charge in [0.05, 0.1) is 11.1 Å². The van der Waals surface area contributed by atoms with Crippen molar-refractivity contribution in [3.05, 3.63) is 36.0 Å². The standard InChI is InChI=1S/C19H22N2O3/c22-18(23)15-3-8-20-17-2-1-14(13-16(15)17)21-9-4-19(5-10-21)6-11-24-12-7-19/h1-3,8,13H,4-7,9-12H2,(H,22,23). The van der Waals surface area contributed by atoms with Gasteiger partial charge in [0.15, 0.2) is 0 Å². The normalized spacial score (nSPS) is 20.4. The molecule has 1 aromatic carbocycles. The van der Waals surface area contributed by atoms with Crippen molar-refractivity contribution >= 4 is 22.6 Å². The number of nitrogens with zero attached hydrogens (tertiary/aromatic N) is 2. The summed E-state index contributed by atoms with van der Waals surface area (Å²) >= 11 is 0. The van der Waals surface area contributed by atoms with E-state index in [1.54, 1.807) is 12.3 Å². The first kappa shape index (κ1) is 15.4. The molecule has 1 aromatic heterocycles. The Morgan fingerprint density at radius 2 is 1.88 bits per heavy atom. The van der Waals surface area contributed by atoms with E-state index in [9.17, 15) is 9.90 Å².